The normalized spacial score (nSPS) is 54.8. The third kappa shape index (κ3) is 6.57. The van der Waals surface area contributed by atoms with Gasteiger partial charge in [-0.3, -0.25) is 0 Å². The van der Waals surface area contributed by atoms with Gasteiger partial charge in [-0.15, -0.1) is 0 Å². The molecule has 0 bridgehead atoms. The van der Waals surface area contributed by atoms with Crippen molar-refractivity contribution in [3.05, 3.63) is 0 Å². The predicted molar refractivity (Wildman–Crippen MR) is 129 cm³/mol. The first kappa shape index (κ1) is 33.2. The van der Waals surface area contributed by atoms with Crippen LogP contribution in [0.15, 0.2) is 0 Å². The van der Waals surface area contributed by atoms with Gasteiger partial charge in [0.05, 0.1) is 31.5 Å². The minimum absolute atomic E-state index is 0.562. The molecule has 4 aliphatic heterocycles. The maximum atomic E-state index is 11.1. The molecule has 19 atom stereocenters. The summed E-state index contributed by atoms with van der Waals surface area (Å²) in [5.74, 6) is 0. The molecule has 4 saturated heterocycles. The molecule has 0 amide bonds. The van der Waals surface area contributed by atoms with Crippen LogP contribution in [0.4, 0.5) is 0 Å². The summed E-state index contributed by atoms with van der Waals surface area (Å²) in [7, 11) is 0. The Labute approximate surface area is 235 Å². The van der Waals surface area contributed by atoms with Crippen LogP contribution in [0.25, 0.3) is 0 Å². The highest BCUT2D eigenvalue weighted by Crippen LogP contribution is 2.34. The first-order valence-electron chi connectivity index (χ1n) is 13.5. The van der Waals surface area contributed by atoms with E-state index in [2.05, 4.69) is 0 Å². The van der Waals surface area contributed by atoms with Crippen LogP contribution in [-0.2, 0) is 33.2 Å². The molecule has 17 heteroatoms. The molecule has 0 spiro atoms. The molecule has 10 N–H and O–H groups in total. The summed E-state index contributed by atoms with van der Waals surface area (Å²) in [6.45, 7) is 3.15. The fraction of sp³-hybridized carbons (Fsp3) is 1.00. The summed E-state index contributed by atoms with van der Waals surface area (Å²) in [5, 5.41) is 103. The van der Waals surface area contributed by atoms with E-state index in [-0.39, 0.29) is 0 Å². The van der Waals surface area contributed by atoms with Crippen molar-refractivity contribution in [2.75, 3.05) is 13.2 Å². The maximum absolute atomic E-state index is 11.1. The molecule has 0 aliphatic carbocycles. The van der Waals surface area contributed by atoms with Crippen LogP contribution in [0.1, 0.15) is 20.8 Å². The molecule has 0 aromatic carbocycles. The molecule has 0 aromatic heterocycles. The quantitative estimate of drug-likeness (QED) is 0.124. The van der Waals surface area contributed by atoms with E-state index >= 15 is 0 Å². The molecule has 17 nitrogen and oxygen atoms in total. The predicted octanol–water partition coefficient (Wildman–Crippen LogP) is -5.98. The third-order valence-corrected chi connectivity index (χ3v) is 8.04. The zero-order valence-electron chi connectivity index (χ0n) is 22.7. The van der Waals surface area contributed by atoms with Gasteiger partial charge in [0, 0.05) is 0 Å². The SMILES string of the molecule is C[C@@H]1O[C@@H](O[C@H]2[C@H](O[C@@H]3[C@@H](O)[C@H](C)O[C@@H](O[C@H]4[C@H](O)[C@@H](CO)O[C@@H]4CO)[C@@H]3O)O[C@@H](C)[C@H](O)[C@H]2O)[C@H](O)[C@H](O)[C@H]1O. The van der Waals surface area contributed by atoms with Crippen molar-refractivity contribution < 1.29 is 84.2 Å². The van der Waals surface area contributed by atoms with E-state index in [1.807, 2.05) is 0 Å². The van der Waals surface area contributed by atoms with Crippen LogP contribution in [0.3, 0.4) is 0 Å². The van der Waals surface area contributed by atoms with Crippen molar-refractivity contribution >= 4 is 0 Å². The lowest BCUT2D eigenvalue weighted by Crippen LogP contribution is -2.66. The average Bonchev–Trinajstić information content (AvgIpc) is 3.25. The van der Waals surface area contributed by atoms with Gasteiger partial charge in [0.1, 0.15) is 79.4 Å². The second kappa shape index (κ2) is 13.5. The number of hydrogen-bond acceptors (Lipinski definition) is 17. The third-order valence-electron chi connectivity index (χ3n) is 8.04. The average molecular weight is 603 g/mol. The van der Waals surface area contributed by atoms with Crippen molar-refractivity contribution in [2.24, 2.45) is 0 Å². The molecule has 0 unspecified atom stereocenters. The monoisotopic (exact) mass is 602 g/mol. The van der Waals surface area contributed by atoms with E-state index in [4.69, 9.17) is 33.2 Å². The number of aliphatic hydroxyl groups is 10. The Morgan fingerprint density at radius 2 is 0.878 bits per heavy atom. The summed E-state index contributed by atoms with van der Waals surface area (Å²) in [6.07, 6.45) is -26.9. The van der Waals surface area contributed by atoms with E-state index in [1.165, 1.54) is 20.8 Å². The van der Waals surface area contributed by atoms with Gasteiger partial charge in [-0.25, -0.2) is 0 Å². The van der Waals surface area contributed by atoms with Gasteiger partial charge >= 0.3 is 0 Å². The topological polar surface area (TPSA) is 267 Å². The molecule has 4 heterocycles. The van der Waals surface area contributed by atoms with Gasteiger partial charge < -0.3 is 84.2 Å². The molecule has 4 aliphatic rings. The standard InChI is InChI=1S/C24H42O17/c1-6-11(27)15(31)17(33)22(35-6)41-21-16(32)12(28)7(2)37-24(21)40-20-13(29)8(3)36-23(18(20)34)39-19-10(5-26)38-9(4-25)14(19)30/h6-34H,4-5H2,1-3H3/t6-,7-,8-,9+,10+,11-,12-,13-,14+,15+,16+,17+,18+,19+,20+,21+,22-,23-,24-/m0/s1. The van der Waals surface area contributed by atoms with Crippen molar-refractivity contribution in [3.8, 4) is 0 Å². The largest absolute Gasteiger partial charge is 0.394 e. The fourth-order valence-electron chi connectivity index (χ4n) is 5.40. The first-order chi connectivity index (χ1) is 19.3. The van der Waals surface area contributed by atoms with Gasteiger partial charge in [0.2, 0.25) is 0 Å². The molecule has 240 valence electrons. The number of rotatable bonds is 8. The molecule has 41 heavy (non-hydrogen) atoms. The maximum Gasteiger partial charge on any atom is 0.187 e. The Hall–Kier alpha value is -0.680. The molecule has 0 radical (unpaired) electrons. The number of ether oxygens (including phenoxy) is 7. The summed E-state index contributed by atoms with van der Waals surface area (Å²) < 4.78 is 39.4. The van der Waals surface area contributed by atoms with Crippen LogP contribution < -0.4 is 0 Å². The Kier molecular flexibility index (Phi) is 11.0. The summed E-state index contributed by atoms with van der Waals surface area (Å²) >= 11 is 0. The lowest BCUT2D eigenvalue weighted by Gasteiger charge is -2.48. The van der Waals surface area contributed by atoms with Crippen LogP contribution in [-0.4, -0.2) is 181 Å². The summed E-state index contributed by atoms with van der Waals surface area (Å²) in [4.78, 5) is 0. The van der Waals surface area contributed by atoms with E-state index < -0.39 is 130 Å². The van der Waals surface area contributed by atoms with E-state index in [0.29, 0.717) is 0 Å². The fourth-order valence-corrected chi connectivity index (χ4v) is 5.40. The number of aliphatic hydroxyl groups excluding tert-OH is 10. The van der Waals surface area contributed by atoms with Crippen molar-refractivity contribution in [3.63, 3.8) is 0 Å². The van der Waals surface area contributed by atoms with E-state index in [9.17, 15) is 51.1 Å². The lowest BCUT2D eigenvalue weighted by molar-refractivity contribution is -0.386. The van der Waals surface area contributed by atoms with Gasteiger partial charge in [0.15, 0.2) is 18.9 Å². The van der Waals surface area contributed by atoms with Crippen LogP contribution >= 0.6 is 0 Å². The first-order valence-corrected chi connectivity index (χ1v) is 13.5. The van der Waals surface area contributed by atoms with Gasteiger partial charge in [0.25, 0.3) is 0 Å². The highest BCUT2D eigenvalue weighted by molar-refractivity contribution is 4.97. The van der Waals surface area contributed by atoms with Crippen LogP contribution in [0.5, 0.6) is 0 Å². The highest BCUT2D eigenvalue weighted by Gasteiger charge is 2.54. The summed E-state index contributed by atoms with van der Waals surface area (Å²) in [6, 6.07) is 0. The van der Waals surface area contributed by atoms with Crippen molar-refractivity contribution in [2.45, 2.75) is 137 Å². The second-order valence-electron chi connectivity index (χ2n) is 10.9. The zero-order chi connectivity index (χ0) is 30.3. The van der Waals surface area contributed by atoms with Gasteiger partial charge in [-0.2, -0.15) is 0 Å². The Bertz CT molecular complexity index is 836. The molecular weight excluding hydrogens is 560 g/mol. The Morgan fingerprint density at radius 3 is 1.46 bits per heavy atom. The smallest absolute Gasteiger partial charge is 0.187 e. The minimum Gasteiger partial charge on any atom is -0.394 e. The minimum atomic E-state index is -1.76. The highest BCUT2D eigenvalue weighted by atomic mass is 16.8. The molecule has 0 aromatic rings. The molecule has 4 fully saturated rings. The van der Waals surface area contributed by atoms with Crippen molar-refractivity contribution in [1.82, 2.24) is 0 Å². The molecule has 0 saturated carbocycles. The molecule has 4 rings (SSSR count). The number of hydrogen-bond donors (Lipinski definition) is 10. The Morgan fingerprint density at radius 1 is 0.415 bits per heavy atom. The van der Waals surface area contributed by atoms with E-state index in [0.717, 1.165) is 0 Å². The lowest BCUT2D eigenvalue weighted by atomic mass is 9.96. The summed E-state index contributed by atoms with van der Waals surface area (Å²) in [5.41, 5.74) is 0. The van der Waals surface area contributed by atoms with Gasteiger partial charge in [-0.1, -0.05) is 0 Å². The van der Waals surface area contributed by atoms with E-state index in [1.54, 1.807) is 0 Å². The molecular formula is C24H42O17. The zero-order valence-corrected chi connectivity index (χ0v) is 22.7. The Balaban J connectivity index is 1.52. The van der Waals surface area contributed by atoms with Crippen molar-refractivity contribution in [1.29, 1.82) is 0 Å². The van der Waals surface area contributed by atoms with Crippen LogP contribution in [0, 0.1) is 0 Å². The van der Waals surface area contributed by atoms with Gasteiger partial charge in [-0.05, 0) is 20.8 Å². The second-order valence-corrected chi connectivity index (χ2v) is 10.9. The van der Waals surface area contributed by atoms with Crippen LogP contribution in [0.2, 0.25) is 0 Å².